The summed E-state index contributed by atoms with van der Waals surface area (Å²) in [6.45, 7) is -0.758. The van der Waals surface area contributed by atoms with Crippen LogP contribution in [-0.4, -0.2) is 86.6 Å². The zero-order valence-electron chi connectivity index (χ0n) is 10.2. The number of ketones is 1. The number of hydrogen-bond acceptors (Lipinski definition) is 8. The average molecular weight is 282 g/mol. The smallest absolute Gasteiger partial charge is 0.372 e. The predicted molar refractivity (Wildman–Crippen MR) is 59.2 cm³/mol. The molecule has 0 rings (SSSR count). The molecule has 5 atom stereocenters. The van der Waals surface area contributed by atoms with Gasteiger partial charge in [-0.2, -0.15) is 0 Å². The Morgan fingerprint density at radius 1 is 1.05 bits per heavy atom. The third-order valence-electron chi connectivity index (χ3n) is 2.55. The normalized spacial score (nSPS) is 19.3. The van der Waals surface area contributed by atoms with E-state index in [0.717, 1.165) is 7.11 Å². The van der Waals surface area contributed by atoms with E-state index in [9.17, 15) is 30.0 Å². The maximum atomic E-state index is 10.8. The lowest BCUT2D eigenvalue weighted by Crippen LogP contribution is -2.51. The molecule has 9 heteroatoms. The Hall–Kier alpha value is -1.10. The Balaban J connectivity index is 4.64. The van der Waals surface area contributed by atoms with Crippen molar-refractivity contribution in [2.45, 2.75) is 36.9 Å². The van der Waals surface area contributed by atoms with Crippen LogP contribution >= 0.6 is 0 Å². The van der Waals surface area contributed by atoms with Crippen molar-refractivity contribution in [2.75, 3.05) is 13.7 Å². The third kappa shape index (κ3) is 5.19. The van der Waals surface area contributed by atoms with Gasteiger partial charge in [-0.25, -0.2) is 4.79 Å². The molecular weight excluding hydrogens is 264 g/mol. The van der Waals surface area contributed by atoms with E-state index < -0.39 is 55.3 Å². The molecule has 0 aliphatic heterocycles. The molecule has 0 radical (unpaired) electrons. The van der Waals surface area contributed by atoms with Crippen molar-refractivity contribution in [3.8, 4) is 0 Å². The monoisotopic (exact) mass is 282 g/mol. The number of methoxy groups -OCH3 is 1. The number of aliphatic hydroxyl groups excluding tert-OH is 5. The van der Waals surface area contributed by atoms with Crippen LogP contribution in [0.15, 0.2) is 0 Å². The van der Waals surface area contributed by atoms with Crippen LogP contribution in [0.1, 0.15) is 6.42 Å². The largest absolute Gasteiger partial charge is 0.475 e. The van der Waals surface area contributed by atoms with E-state index in [1.165, 1.54) is 0 Å². The number of hydrogen-bond donors (Lipinski definition) is 6. The van der Waals surface area contributed by atoms with Crippen LogP contribution in [0.3, 0.4) is 0 Å². The first-order chi connectivity index (χ1) is 8.76. The molecule has 0 amide bonds. The number of carboxylic acid groups (broad SMARTS) is 1. The molecule has 0 fully saturated rings. The van der Waals surface area contributed by atoms with Crippen LogP contribution in [0.5, 0.6) is 0 Å². The number of carbonyl (C=O) groups excluding carboxylic acids is 1. The second-order valence-corrected chi connectivity index (χ2v) is 3.93. The fourth-order valence-corrected chi connectivity index (χ4v) is 1.45. The Bertz CT molecular complexity index is 305. The number of aliphatic carboxylic acids is 1. The van der Waals surface area contributed by atoms with Crippen molar-refractivity contribution >= 4 is 11.8 Å². The standard InChI is InChI=1S/C10H18O9/c1-19-9(6(14)3-11)8(16)7(15)4(12)2-5(13)10(17)18/h4,6-9,11-12,14-16H,2-3H2,1H3,(H,17,18)/t4-,6+,7+,8+,9+/m0/s1. The maximum absolute atomic E-state index is 10.8. The summed E-state index contributed by atoms with van der Waals surface area (Å²) >= 11 is 0. The van der Waals surface area contributed by atoms with E-state index in [1.807, 2.05) is 0 Å². The van der Waals surface area contributed by atoms with Gasteiger partial charge in [-0.15, -0.1) is 0 Å². The minimum Gasteiger partial charge on any atom is -0.475 e. The van der Waals surface area contributed by atoms with Crippen molar-refractivity contribution in [3.05, 3.63) is 0 Å². The van der Waals surface area contributed by atoms with Crippen molar-refractivity contribution in [1.29, 1.82) is 0 Å². The first-order valence-corrected chi connectivity index (χ1v) is 5.38. The van der Waals surface area contributed by atoms with E-state index in [-0.39, 0.29) is 0 Å². The number of aliphatic hydroxyl groups is 5. The quantitative estimate of drug-likeness (QED) is 0.235. The predicted octanol–water partition coefficient (Wildman–Crippen LogP) is -3.52. The summed E-state index contributed by atoms with van der Waals surface area (Å²) in [6.07, 6.45) is -9.41. The lowest BCUT2D eigenvalue weighted by atomic mass is 9.96. The summed E-state index contributed by atoms with van der Waals surface area (Å²) in [4.78, 5) is 21.1. The Morgan fingerprint density at radius 3 is 1.95 bits per heavy atom. The number of Topliss-reactive ketones (excluding diaryl/α,β-unsaturated/α-hetero) is 1. The van der Waals surface area contributed by atoms with Crippen LogP contribution in [0, 0.1) is 0 Å². The van der Waals surface area contributed by atoms with Gasteiger partial charge in [0.15, 0.2) is 0 Å². The van der Waals surface area contributed by atoms with Crippen molar-refractivity contribution < 1.29 is 45.0 Å². The van der Waals surface area contributed by atoms with Gasteiger partial charge in [0.1, 0.15) is 24.4 Å². The fourth-order valence-electron chi connectivity index (χ4n) is 1.45. The molecule has 0 saturated heterocycles. The second kappa shape index (κ2) is 8.15. The highest BCUT2D eigenvalue weighted by molar-refractivity contribution is 6.32. The molecule has 0 saturated carbocycles. The molecule has 0 aromatic rings. The van der Waals surface area contributed by atoms with Gasteiger partial charge in [0.05, 0.1) is 12.7 Å². The van der Waals surface area contributed by atoms with Gasteiger partial charge >= 0.3 is 5.97 Å². The van der Waals surface area contributed by atoms with E-state index >= 15 is 0 Å². The highest BCUT2D eigenvalue weighted by Gasteiger charge is 2.36. The lowest BCUT2D eigenvalue weighted by molar-refractivity contribution is -0.159. The Kier molecular flexibility index (Phi) is 7.68. The van der Waals surface area contributed by atoms with Crippen LogP contribution in [0.2, 0.25) is 0 Å². The molecule has 0 unspecified atom stereocenters. The van der Waals surface area contributed by atoms with Crippen molar-refractivity contribution in [3.63, 3.8) is 0 Å². The highest BCUT2D eigenvalue weighted by Crippen LogP contribution is 2.13. The van der Waals surface area contributed by atoms with Crippen LogP contribution in [0.4, 0.5) is 0 Å². The van der Waals surface area contributed by atoms with Gasteiger partial charge < -0.3 is 35.4 Å². The summed E-state index contributed by atoms with van der Waals surface area (Å²) in [6, 6.07) is 0. The summed E-state index contributed by atoms with van der Waals surface area (Å²) in [7, 11) is 1.09. The topological polar surface area (TPSA) is 165 Å². The molecule has 0 spiro atoms. The first kappa shape index (κ1) is 17.9. The molecular formula is C10H18O9. The Labute approximate surface area is 108 Å². The molecule has 9 nitrogen and oxygen atoms in total. The summed E-state index contributed by atoms with van der Waals surface area (Å²) < 4.78 is 4.66. The molecule has 0 aromatic heterocycles. The molecule has 19 heavy (non-hydrogen) atoms. The second-order valence-electron chi connectivity index (χ2n) is 3.93. The zero-order valence-corrected chi connectivity index (χ0v) is 10.2. The van der Waals surface area contributed by atoms with Gasteiger partial charge in [-0.3, -0.25) is 4.79 Å². The van der Waals surface area contributed by atoms with E-state index in [2.05, 4.69) is 4.74 Å². The van der Waals surface area contributed by atoms with Crippen molar-refractivity contribution in [2.24, 2.45) is 0 Å². The first-order valence-electron chi connectivity index (χ1n) is 5.38. The highest BCUT2D eigenvalue weighted by atomic mass is 16.5. The van der Waals surface area contributed by atoms with E-state index in [4.69, 9.17) is 10.2 Å². The summed E-state index contributed by atoms with van der Waals surface area (Å²) in [5, 5.41) is 54.9. The van der Waals surface area contributed by atoms with Gasteiger partial charge in [-0.1, -0.05) is 0 Å². The molecule has 0 bridgehead atoms. The number of rotatable bonds is 9. The molecule has 0 heterocycles. The SMILES string of the molecule is CO[C@@H]([C@H](O)[C@H](O)[C@@H](O)CC(=O)C(=O)O)[C@H](O)CO. The number of carboxylic acids is 1. The number of carbonyl (C=O) groups is 2. The molecule has 0 aromatic carbocycles. The number of ether oxygens (including phenoxy) is 1. The lowest BCUT2D eigenvalue weighted by Gasteiger charge is -2.30. The third-order valence-corrected chi connectivity index (χ3v) is 2.55. The van der Waals surface area contributed by atoms with Gasteiger partial charge in [0.25, 0.3) is 0 Å². The fraction of sp³-hybridized carbons (Fsp3) is 0.800. The molecule has 112 valence electrons. The molecule has 0 aliphatic rings. The minimum absolute atomic E-state index is 0.758. The van der Waals surface area contributed by atoms with Crippen LogP contribution in [0.25, 0.3) is 0 Å². The van der Waals surface area contributed by atoms with Crippen molar-refractivity contribution in [1.82, 2.24) is 0 Å². The average Bonchev–Trinajstić information content (AvgIpc) is 2.37. The maximum Gasteiger partial charge on any atom is 0.372 e. The van der Waals surface area contributed by atoms with Crippen LogP contribution < -0.4 is 0 Å². The Morgan fingerprint density at radius 2 is 1.58 bits per heavy atom. The van der Waals surface area contributed by atoms with Crippen LogP contribution in [-0.2, 0) is 14.3 Å². The molecule has 0 aliphatic carbocycles. The van der Waals surface area contributed by atoms with E-state index in [0.29, 0.717) is 0 Å². The molecule has 6 N–H and O–H groups in total. The zero-order chi connectivity index (χ0) is 15.2. The van der Waals surface area contributed by atoms with Gasteiger partial charge in [-0.05, 0) is 0 Å². The summed E-state index contributed by atoms with van der Waals surface area (Å²) in [5.74, 6) is -3.12. The summed E-state index contributed by atoms with van der Waals surface area (Å²) in [5.41, 5.74) is 0. The van der Waals surface area contributed by atoms with Gasteiger partial charge in [0, 0.05) is 13.5 Å². The van der Waals surface area contributed by atoms with E-state index in [1.54, 1.807) is 0 Å². The minimum atomic E-state index is -1.92. The van der Waals surface area contributed by atoms with Gasteiger partial charge in [0.2, 0.25) is 5.78 Å².